The van der Waals surface area contributed by atoms with Crippen molar-refractivity contribution in [2.75, 3.05) is 6.61 Å². The average Bonchev–Trinajstić information content (AvgIpc) is 2.77. The van der Waals surface area contributed by atoms with E-state index in [1.807, 2.05) is 6.92 Å². The van der Waals surface area contributed by atoms with E-state index in [9.17, 15) is 10.2 Å². The quantitative estimate of drug-likeness (QED) is 0.724. The van der Waals surface area contributed by atoms with Gasteiger partial charge >= 0.3 is 0 Å². The Morgan fingerprint density at radius 3 is 3.00 bits per heavy atom. The highest BCUT2D eigenvalue weighted by Gasteiger charge is 2.59. The van der Waals surface area contributed by atoms with Crippen LogP contribution in [0, 0.1) is 28.6 Å². The summed E-state index contributed by atoms with van der Waals surface area (Å²) in [5.41, 5.74) is -0.0104. The molecule has 3 fully saturated rings. The maximum Gasteiger partial charge on any atom is 0.0606 e. The Bertz CT molecular complexity index is 604. The van der Waals surface area contributed by atoms with Gasteiger partial charge in [0.25, 0.3) is 0 Å². The zero-order chi connectivity index (χ0) is 18.3. The summed E-state index contributed by atoms with van der Waals surface area (Å²) in [7, 11) is 0. The molecule has 0 spiro atoms. The topological polar surface area (TPSA) is 40.5 Å². The number of aliphatic hydroxyl groups excluding tert-OH is 1. The molecule has 0 aromatic heterocycles. The minimum Gasteiger partial charge on any atom is -0.395 e. The van der Waals surface area contributed by atoms with E-state index in [-0.39, 0.29) is 30.8 Å². The lowest BCUT2D eigenvalue weighted by atomic mass is 9.47. The minimum atomic E-state index is -1.50. The molecule has 0 saturated heterocycles. The molecule has 0 aromatic rings. The van der Waals surface area contributed by atoms with E-state index in [2.05, 4.69) is 0 Å². The minimum absolute atomic E-state index is 0.0252. The van der Waals surface area contributed by atoms with Crippen molar-refractivity contribution in [2.24, 2.45) is 28.6 Å². The molecule has 4 aliphatic rings. The first-order valence-corrected chi connectivity index (χ1v) is 8.55. The third-order valence-electron chi connectivity index (χ3n) is 7.25. The van der Waals surface area contributed by atoms with Gasteiger partial charge in [-0.05, 0) is 74.5 Å². The highest BCUT2D eigenvalue weighted by Crippen LogP contribution is 2.64. The van der Waals surface area contributed by atoms with Crippen LogP contribution in [0.2, 0.25) is 0 Å². The van der Waals surface area contributed by atoms with Crippen molar-refractivity contribution >= 4 is 0 Å². The van der Waals surface area contributed by atoms with Gasteiger partial charge in [-0.1, -0.05) is 25.0 Å². The number of rotatable bonds is 1. The molecule has 7 atom stereocenters. The summed E-state index contributed by atoms with van der Waals surface area (Å²) in [5.74, 6) is -0.241. The lowest BCUT2D eigenvalue weighted by Gasteiger charge is -2.57. The molecule has 21 heavy (non-hydrogen) atoms. The molecular weight excluding hydrogens is 260 g/mol. The molecular formula is C19H30O2. The number of hydrogen-bond donors (Lipinski definition) is 2. The van der Waals surface area contributed by atoms with Crippen molar-refractivity contribution < 1.29 is 15.7 Å². The summed E-state index contributed by atoms with van der Waals surface area (Å²) in [6.45, 7) is 1.99. The SMILES string of the molecule is [2H][C@H]1CC[C@@]2(CO)C(=CC([2H])([2H])[C@@H]3[C@@H]2CC[C@@]2(C)[C@H]3CC[C@]2([2H])O)C1. The van der Waals surface area contributed by atoms with Crippen molar-refractivity contribution in [3.05, 3.63) is 11.6 Å². The third-order valence-corrected chi connectivity index (χ3v) is 7.25. The Hall–Kier alpha value is -0.340. The van der Waals surface area contributed by atoms with E-state index in [4.69, 9.17) is 5.48 Å². The summed E-state index contributed by atoms with van der Waals surface area (Å²) in [6.07, 6.45) is 3.18. The van der Waals surface area contributed by atoms with Gasteiger partial charge < -0.3 is 10.2 Å². The molecule has 2 N–H and O–H groups in total. The van der Waals surface area contributed by atoms with Gasteiger partial charge in [-0.2, -0.15) is 0 Å². The molecule has 4 rings (SSSR count). The van der Waals surface area contributed by atoms with E-state index in [0.29, 0.717) is 25.7 Å². The second-order valence-corrected chi connectivity index (χ2v) is 7.86. The molecule has 0 bridgehead atoms. The monoisotopic (exact) mass is 294 g/mol. The van der Waals surface area contributed by atoms with Gasteiger partial charge in [-0.15, -0.1) is 0 Å². The van der Waals surface area contributed by atoms with Crippen LogP contribution in [0.15, 0.2) is 11.6 Å². The average molecular weight is 294 g/mol. The van der Waals surface area contributed by atoms with Crippen molar-refractivity contribution in [3.8, 4) is 0 Å². The summed E-state index contributed by atoms with van der Waals surface area (Å²) in [5, 5.41) is 21.0. The van der Waals surface area contributed by atoms with Crippen molar-refractivity contribution in [1.29, 1.82) is 0 Å². The summed E-state index contributed by atoms with van der Waals surface area (Å²) >= 11 is 0. The van der Waals surface area contributed by atoms with Crippen LogP contribution in [0.3, 0.4) is 0 Å². The number of aliphatic hydroxyl groups is 2. The van der Waals surface area contributed by atoms with E-state index in [1.165, 1.54) is 0 Å². The first kappa shape index (κ1) is 10.4. The van der Waals surface area contributed by atoms with Crippen LogP contribution in [0.5, 0.6) is 0 Å². The molecule has 0 aromatic carbocycles. The summed E-state index contributed by atoms with van der Waals surface area (Å²) in [6, 6.07) is 0. The second-order valence-electron chi connectivity index (χ2n) is 7.86. The summed E-state index contributed by atoms with van der Waals surface area (Å²) in [4.78, 5) is 0. The van der Waals surface area contributed by atoms with Gasteiger partial charge in [0.1, 0.15) is 0 Å². The van der Waals surface area contributed by atoms with E-state index >= 15 is 0 Å². The first-order chi connectivity index (χ1) is 11.6. The molecule has 0 heterocycles. The lowest BCUT2D eigenvalue weighted by molar-refractivity contribution is -0.0826. The fraction of sp³-hybridized carbons (Fsp3) is 0.895. The lowest BCUT2D eigenvalue weighted by Crippen LogP contribution is -2.52. The molecule has 0 radical (unpaired) electrons. The Balaban J connectivity index is 1.82. The smallest absolute Gasteiger partial charge is 0.0606 e. The normalized spacial score (nSPS) is 64.8. The highest BCUT2D eigenvalue weighted by atomic mass is 16.3. The standard InChI is InChI=1S/C19H30O2/c1-18-11-9-16-14(15(18)7-8-17(18)21)6-5-13-4-2-3-10-19(13,16)12-20/h5,14-17,20-21H,2-4,6-12H2,1H3/t14-,15-,16-,17-,18-,19+/m0/s1/i2D,6D2,17D/t2-,14-,15-,16-,17-,18-,19+. The van der Waals surface area contributed by atoms with Gasteiger partial charge in [0.05, 0.1) is 14.1 Å². The van der Waals surface area contributed by atoms with Gasteiger partial charge in [0.15, 0.2) is 0 Å². The molecule has 0 amide bonds. The highest BCUT2D eigenvalue weighted by molar-refractivity contribution is 5.25. The Morgan fingerprint density at radius 1 is 1.33 bits per heavy atom. The van der Waals surface area contributed by atoms with Crippen molar-refractivity contribution in [1.82, 2.24) is 0 Å². The molecule has 4 aliphatic carbocycles. The van der Waals surface area contributed by atoms with Crippen molar-refractivity contribution in [3.63, 3.8) is 0 Å². The predicted octanol–water partition coefficient (Wildman–Crippen LogP) is 3.67. The Labute approximate surface area is 134 Å². The fourth-order valence-electron chi connectivity index (χ4n) is 5.89. The molecule has 118 valence electrons. The van der Waals surface area contributed by atoms with E-state index in [1.54, 1.807) is 6.08 Å². The zero-order valence-electron chi connectivity index (χ0n) is 16.9. The van der Waals surface area contributed by atoms with Crippen LogP contribution in [0.4, 0.5) is 0 Å². The molecule has 2 nitrogen and oxygen atoms in total. The maximum atomic E-state index is 10.7. The molecule has 0 unspecified atom stereocenters. The van der Waals surface area contributed by atoms with Crippen LogP contribution in [-0.4, -0.2) is 22.9 Å². The maximum absolute atomic E-state index is 10.7. The number of allylic oxidation sites excluding steroid dienone is 1. The molecule has 2 heteroatoms. The van der Waals surface area contributed by atoms with Crippen LogP contribution in [0.1, 0.15) is 70.1 Å². The fourth-order valence-corrected chi connectivity index (χ4v) is 5.89. The van der Waals surface area contributed by atoms with Crippen LogP contribution >= 0.6 is 0 Å². The van der Waals surface area contributed by atoms with Gasteiger partial charge in [0, 0.05) is 9.53 Å². The van der Waals surface area contributed by atoms with Crippen LogP contribution in [0.25, 0.3) is 0 Å². The Morgan fingerprint density at radius 2 is 2.19 bits per heavy atom. The summed E-state index contributed by atoms with van der Waals surface area (Å²) < 4.78 is 34.1. The van der Waals surface area contributed by atoms with Gasteiger partial charge in [-0.3, -0.25) is 0 Å². The van der Waals surface area contributed by atoms with Crippen LogP contribution < -0.4 is 0 Å². The first-order valence-electron chi connectivity index (χ1n) is 10.6. The van der Waals surface area contributed by atoms with E-state index < -0.39 is 23.3 Å². The van der Waals surface area contributed by atoms with Crippen molar-refractivity contribution in [2.45, 2.75) is 70.7 Å². The van der Waals surface area contributed by atoms with Gasteiger partial charge in [0.2, 0.25) is 0 Å². The van der Waals surface area contributed by atoms with Gasteiger partial charge in [-0.25, -0.2) is 0 Å². The predicted molar refractivity (Wildman–Crippen MR) is 83.7 cm³/mol. The number of hydrogen-bond acceptors (Lipinski definition) is 2. The van der Waals surface area contributed by atoms with E-state index in [0.717, 1.165) is 24.8 Å². The second kappa shape index (κ2) is 4.83. The largest absolute Gasteiger partial charge is 0.395 e. The third kappa shape index (κ3) is 1.78. The van der Waals surface area contributed by atoms with Crippen LogP contribution in [-0.2, 0) is 0 Å². The molecule has 3 saturated carbocycles. The zero-order valence-corrected chi connectivity index (χ0v) is 12.9. The molecule has 0 aliphatic heterocycles. The Kier molecular flexibility index (Phi) is 2.40. The number of fused-ring (bicyclic) bond motifs is 5.